The Kier molecular flexibility index (Phi) is 6.25. The van der Waals surface area contributed by atoms with Crippen molar-refractivity contribution >= 4 is 40.1 Å². The molecule has 6 heteroatoms. The molecule has 0 bridgehead atoms. The normalized spacial score (nSPS) is 16.3. The number of rotatable bonds is 4. The molecule has 0 radical (unpaired) electrons. The highest BCUT2D eigenvalue weighted by atomic mass is 127. The molecule has 21 heavy (non-hydrogen) atoms. The molecule has 1 heterocycles. The van der Waals surface area contributed by atoms with Gasteiger partial charge in [-0.25, -0.2) is 4.39 Å². The van der Waals surface area contributed by atoms with E-state index in [2.05, 4.69) is 11.8 Å². The molecule has 1 saturated heterocycles. The number of halogens is 3. The molecule has 0 unspecified atom stereocenters. The number of benzene rings is 1. The Hall–Kier alpha value is -0.400. The van der Waals surface area contributed by atoms with Gasteiger partial charge >= 0.3 is 0 Å². The highest BCUT2D eigenvalue weighted by Gasteiger charge is 2.24. The summed E-state index contributed by atoms with van der Waals surface area (Å²) in [4.78, 5) is 16.7. The van der Waals surface area contributed by atoms with E-state index in [0.29, 0.717) is 22.2 Å². The molecular weight excluding hydrogens is 406 g/mol. The van der Waals surface area contributed by atoms with Crippen LogP contribution in [0.25, 0.3) is 0 Å². The molecule has 2 rings (SSSR count). The standard InChI is InChI=1S/C15H19ClFIN2O/c1-2-3-4-19-5-7-20(8-6-19)15(21)11-9-14(18)13(17)10-12(11)16/h9-10H,2-8H2,1H3. The Morgan fingerprint density at radius 1 is 1.33 bits per heavy atom. The van der Waals surface area contributed by atoms with Crippen LogP contribution >= 0.6 is 34.2 Å². The first-order valence-electron chi connectivity index (χ1n) is 7.19. The third kappa shape index (κ3) is 4.29. The molecule has 0 aromatic heterocycles. The lowest BCUT2D eigenvalue weighted by atomic mass is 10.1. The number of piperazine rings is 1. The van der Waals surface area contributed by atoms with Gasteiger partial charge in [0, 0.05) is 29.7 Å². The van der Waals surface area contributed by atoms with Gasteiger partial charge in [-0.05, 0) is 47.7 Å². The van der Waals surface area contributed by atoms with Gasteiger partial charge in [-0.1, -0.05) is 24.9 Å². The average molecular weight is 425 g/mol. The van der Waals surface area contributed by atoms with Crippen molar-refractivity contribution in [3.8, 4) is 0 Å². The quantitative estimate of drug-likeness (QED) is 0.544. The number of unbranched alkanes of at least 4 members (excludes halogenated alkanes) is 1. The van der Waals surface area contributed by atoms with Gasteiger partial charge in [-0.2, -0.15) is 0 Å². The zero-order valence-corrected chi connectivity index (χ0v) is 15.0. The van der Waals surface area contributed by atoms with E-state index in [1.165, 1.54) is 25.0 Å². The predicted molar refractivity (Wildman–Crippen MR) is 91.4 cm³/mol. The largest absolute Gasteiger partial charge is 0.336 e. The molecule has 0 spiro atoms. The zero-order chi connectivity index (χ0) is 15.4. The van der Waals surface area contributed by atoms with Crippen molar-refractivity contribution in [3.63, 3.8) is 0 Å². The Morgan fingerprint density at radius 3 is 2.62 bits per heavy atom. The molecule has 1 aromatic rings. The summed E-state index contributed by atoms with van der Waals surface area (Å²) >= 11 is 7.89. The van der Waals surface area contributed by atoms with Crippen molar-refractivity contribution in [1.29, 1.82) is 0 Å². The summed E-state index contributed by atoms with van der Waals surface area (Å²) in [5, 5.41) is 0.186. The summed E-state index contributed by atoms with van der Waals surface area (Å²) in [5.41, 5.74) is 0.393. The van der Waals surface area contributed by atoms with Crippen molar-refractivity contribution in [1.82, 2.24) is 9.80 Å². The molecule has 0 saturated carbocycles. The van der Waals surface area contributed by atoms with Gasteiger partial charge in [0.25, 0.3) is 5.91 Å². The first kappa shape index (κ1) is 17.0. The number of nitrogens with zero attached hydrogens (tertiary/aromatic N) is 2. The van der Waals surface area contributed by atoms with E-state index in [1.54, 1.807) is 4.90 Å². The molecule has 116 valence electrons. The van der Waals surface area contributed by atoms with Crippen molar-refractivity contribution in [2.24, 2.45) is 0 Å². The number of hydrogen-bond donors (Lipinski definition) is 0. The summed E-state index contributed by atoms with van der Waals surface area (Å²) in [6.07, 6.45) is 2.37. The second-order valence-corrected chi connectivity index (χ2v) is 6.80. The van der Waals surface area contributed by atoms with Crippen LogP contribution in [0.3, 0.4) is 0 Å². The van der Waals surface area contributed by atoms with Gasteiger partial charge in [0.15, 0.2) is 0 Å². The molecule has 1 aliphatic rings. The number of carbonyl (C=O) groups excluding carboxylic acids is 1. The zero-order valence-electron chi connectivity index (χ0n) is 12.0. The van der Waals surface area contributed by atoms with Crippen LogP contribution in [0.1, 0.15) is 30.1 Å². The summed E-state index contributed by atoms with van der Waals surface area (Å²) in [5.74, 6) is -0.491. The Labute approximate surface area is 143 Å². The minimum atomic E-state index is -0.387. The van der Waals surface area contributed by atoms with E-state index < -0.39 is 0 Å². The highest BCUT2D eigenvalue weighted by Crippen LogP contribution is 2.24. The van der Waals surface area contributed by atoms with Crippen LogP contribution in [-0.4, -0.2) is 48.4 Å². The van der Waals surface area contributed by atoms with Crippen molar-refractivity contribution in [2.45, 2.75) is 19.8 Å². The van der Waals surface area contributed by atoms with Crippen LogP contribution in [0.2, 0.25) is 5.02 Å². The summed E-state index contributed by atoms with van der Waals surface area (Å²) in [6.45, 7) is 6.45. The van der Waals surface area contributed by atoms with E-state index >= 15 is 0 Å². The van der Waals surface area contributed by atoms with E-state index in [1.807, 2.05) is 22.6 Å². The smallest absolute Gasteiger partial charge is 0.255 e. The van der Waals surface area contributed by atoms with Crippen molar-refractivity contribution < 1.29 is 9.18 Å². The fraction of sp³-hybridized carbons (Fsp3) is 0.533. The van der Waals surface area contributed by atoms with Crippen LogP contribution in [0, 0.1) is 9.39 Å². The number of amides is 1. The molecular formula is C15H19ClFIN2O. The third-order valence-electron chi connectivity index (χ3n) is 3.73. The van der Waals surface area contributed by atoms with Gasteiger partial charge in [0.1, 0.15) is 5.82 Å². The third-order valence-corrected chi connectivity index (χ3v) is 4.87. The maximum atomic E-state index is 13.4. The Morgan fingerprint density at radius 2 is 2.00 bits per heavy atom. The monoisotopic (exact) mass is 424 g/mol. The average Bonchev–Trinajstić information content (AvgIpc) is 2.48. The molecule has 0 N–H and O–H groups in total. The SMILES string of the molecule is CCCCN1CCN(C(=O)c2cc(I)c(F)cc2Cl)CC1. The van der Waals surface area contributed by atoms with Gasteiger partial charge in [-0.15, -0.1) is 0 Å². The Bertz CT molecular complexity index is 519. The first-order valence-corrected chi connectivity index (χ1v) is 8.64. The van der Waals surface area contributed by atoms with E-state index in [9.17, 15) is 9.18 Å². The number of carbonyl (C=O) groups is 1. The fourth-order valence-electron chi connectivity index (χ4n) is 2.41. The highest BCUT2D eigenvalue weighted by molar-refractivity contribution is 14.1. The molecule has 1 aromatic carbocycles. The second kappa shape index (κ2) is 7.74. The van der Waals surface area contributed by atoms with Crippen LogP contribution in [-0.2, 0) is 0 Å². The van der Waals surface area contributed by atoms with Crippen molar-refractivity contribution in [3.05, 3.63) is 32.1 Å². The van der Waals surface area contributed by atoms with Crippen LogP contribution in [0.5, 0.6) is 0 Å². The minimum Gasteiger partial charge on any atom is -0.336 e. The first-order chi connectivity index (χ1) is 10.0. The summed E-state index contributed by atoms with van der Waals surface area (Å²) in [6, 6.07) is 2.75. The topological polar surface area (TPSA) is 23.6 Å². The maximum absolute atomic E-state index is 13.4. The minimum absolute atomic E-state index is 0.104. The summed E-state index contributed by atoms with van der Waals surface area (Å²) in [7, 11) is 0. The van der Waals surface area contributed by atoms with E-state index in [4.69, 9.17) is 11.6 Å². The lowest BCUT2D eigenvalue weighted by Crippen LogP contribution is -2.48. The molecule has 3 nitrogen and oxygen atoms in total. The second-order valence-electron chi connectivity index (χ2n) is 5.23. The Balaban J connectivity index is 2.00. The number of hydrogen-bond acceptors (Lipinski definition) is 2. The molecule has 1 amide bonds. The van der Waals surface area contributed by atoms with E-state index in [0.717, 1.165) is 19.6 Å². The lowest BCUT2D eigenvalue weighted by Gasteiger charge is -2.34. The van der Waals surface area contributed by atoms with Crippen LogP contribution in [0.4, 0.5) is 4.39 Å². The maximum Gasteiger partial charge on any atom is 0.255 e. The summed E-state index contributed by atoms with van der Waals surface area (Å²) < 4.78 is 13.8. The van der Waals surface area contributed by atoms with Gasteiger partial charge in [-0.3, -0.25) is 9.69 Å². The van der Waals surface area contributed by atoms with Gasteiger partial charge in [0.05, 0.1) is 10.6 Å². The molecule has 0 atom stereocenters. The van der Waals surface area contributed by atoms with Crippen LogP contribution < -0.4 is 0 Å². The lowest BCUT2D eigenvalue weighted by molar-refractivity contribution is 0.0636. The molecule has 1 aliphatic heterocycles. The fourth-order valence-corrected chi connectivity index (χ4v) is 3.11. The van der Waals surface area contributed by atoms with Gasteiger partial charge < -0.3 is 4.90 Å². The predicted octanol–water partition coefficient (Wildman–Crippen LogP) is 3.64. The molecule has 1 fully saturated rings. The molecule has 0 aliphatic carbocycles. The van der Waals surface area contributed by atoms with Crippen molar-refractivity contribution in [2.75, 3.05) is 32.7 Å². The van der Waals surface area contributed by atoms with E-state index in [-0.39, 0.29) is 16.7 Å². The van der Waals surface area contributed by atoms with Gasteiger partial charge in [0.2, 0.25) is 0 Å². The van der Waals surface area contributed by atoms with Crippen LogP contribution in [0.15, 0.2) is 12.1 Å².